The van der Waals surface area contributed by atoms with Crippen molar-refractivity contribution >= 4 is 17.3 Å². The first-order valence-electron chi connectivity index (χ1n) is 6.01. The van der Waals surface area contributed by atoms with E-state index in [-0.39, 0.29) is 0 Å². The maximum Gasteiger partial charge on any atom is 0.0759 e. The summed E-state index contributed by atoms with van der Waals surface area (Å²) >= 11 is 6.15. The average Bonchev–Trinajstić information content (AvgIpc) is 2.80. The molecule has 1 aromatic heterocycles. The molecule has 0 spiro atoms. The fraction of sp³-hybridized carbons (Fsp3) is 0.308. The summed E-state index contributed by atoms with van der Waals surface area (Å²) in [7, 11) is 0. The molecule has 1 aromatic carbocycles. The number of nitrogens with zero attached hydrogens (tertiary/aromatic N) is 1. The van der Waals surface area contributed by atoms with Crippen LogP contribution in [0.4, 0.5) is 5.69 Å². The maximum absolute atomic E-state index is 6.15. The molecule has 0 unspecified atom stereocenters. The van der Waals surface area contributed by atoms with Crippen LogP contribution >= 0.6 is 11.6 Å². The highest BCUT2D eigenvalue weighted by Crippen LogP contribution is 2.21. The zero-order chi connectivity index (χ0) is 12.8. The van der Waals surface area contributed by atoms with E-state index in [9.17, 15) is 0 Å². The zero-order valence-electron chi connectivity index (χ0n) is 10.1. The van der Waals surface area contributed by atoms with Gasteiger partial charge in [-0.2, -0.15) is 5.10 Å². The van der Waals surface area contributed by atoms with Gasteiger partial charge < -0.3 is 11.1 Å². The highest BCUT2D eigenvalue weighted by atomic mass is 35.5. The van der Waals surface area contributed by atoms with E-state index in [0.29, 0.717) is 6.54 Å². The fourth-order valence-electron chi connectivity index (χ4n) is 1.76. The van der Waals surface area contributed by atoms with Gasteiger partial charge in [0.1, 0.15) is 0 Å². The van der Waals surface area contributed by atoms with Gasteiger partial charge in [0.2, 0.25) is 0 Å². The molecule has 0 aliphatic carbocycles. The smallest absolute Gasteiger partial charge is 0.0759 e. The van der Waals surface area contributed by atoms with Crippen LogP contribution in [0.1, 0.15) is 17.7 Å². The normalized spacial score (nSPS) is 10.6. The van der Waals surface area contributed by atoms with Crippen molar-refractivity contribution in [1.29, 1.82) is 0 Å². The summed E-state index contributed by atoms with van der Waals surface area (Å²) in [5.74, 6) is 0. The summed E-state index contributed by atoms with van der Waals surface area (Å²) in [6.07, 6.45) is 3.48. The van der Waals surface area contributed by atoms with E-state index in [1.54, 1.807) is 6.20 Å². The molecule has 0 bridgehead atoms. The molecule has 0 radical (unpaired) electrons. The molecule has 4 nitrogen and oxygen atoms in total. The third kappa shape index (κ3) is 3.24. The number of hydrogen-bond donors (Lipinski definition) is 3. The third-order valence-electron chi connectivity index (χ3n) is 2.74. The Morgan fingerprint density at radius 2 is 2.17 bits per heavy atom. The van der Waals surface area contributed by atoms with Gasteiger partial charge >= 0.3 is 0 Å². The third-order valence-corrected chi connectivity index (χ3v) is 3.11. The first-order valence-corrected chi connectivity index (χ1v) is 6.38. The highest BCUT2D eigenvalue weighted by molar-refractivity contribution is 6.31. The molecule has 96 valence electrons. The van der Waals surface area contributed by atoms with Crippen LogP contribution in [0.5, 0.6) is 0 Å². The summed E-state index contributed by atoms with van der Waals surface area (Å²) in [5, 5.41) is 11.2. The molecule has 0 atom stereocenters. The number of aromatic amines is 1. The molecular weight excluding hydrogens is 248 g/mol. The summed E-state index contributed by atoms with van der Waals surface area (Å²) in [5.41, 5.74) is 8.62. The molecule has 4 N–H and O–H groups in total. The molecule has 0 aliphatic heterocycles. The lowest BCUT2D eigenvalue weighted by Gasteiger charge is -2.07. The number of H-pyrrole nitrogens is 1. The van der Waals surface area contributed by atoms with Crippen molar-refractivity contribution in [3.8, 4) is 0 Å². The van der Waals surface area contributed by atoms with Crippen LogP contribution in [-0.4, -0.2) is 23.3 Å². The van der Waals surface area contributed by atoms with Gasteiger partial charge in [-0.1, -0.05) is 29.8 Å². The molecule has 0 fully saturated rings. The molecule has 0 saturated carbocycles. The van der Waals surface area contributed by atoms with Crippen molar-refractivity contribution in [2.45, 2.75) is 12.8 Å². The number of rotatable bonds is 6. The molecule has 1 heterocycles. The Labute approximate surface area is 112 Å². The quantitative estimate of drug-likeness (QED) is 0.702. The van der Waals surface area contributed by atoms with Crippen molar-refractivity contribution in [1.82, 2.24) is 10.2 Å². The van der Waals surface area contributed by atoms with E-state index in [4.69, 9.17) is 17.3 Å². The summed E-state index contributed by atoms with van der Waals surface area (Å²) in [4.78, 5) is 0. The lowest BCUT2D eigenvalue weighted by Crippen LogP contribution is -2.09. The second-order valence-corrected chi connectivity index (χ2v) is 4.51. The molecular formula is C13H17ClN4. The maximum atomic E-state index is 6.15. The number of nitrogens with two attached hydrogens (primary N) is 1. The van der Waals surface area contributed by atoms with Gasteiger partial charge in [-0.3, -0.25) is 5.10 Å². The monoisotopic (exact) mass is 264 g/mol. The number of halogens is 1. The van der Waals surface area contributed by atoms with Gasteiger partial charge in [0.05, 0.1) is 17.6 Å². The Morgan fingerprint density at radius 1 is 1.33 bits per heavy atom. The summed E-state index contributed by atoms with van der Waals surface area (Å²) in [6.45, 7) is 1.54. The molecule has 2 rings (SSSR count). The summed E-state index contributed by atoms with van der Waals surface area (Å²) < 4.78 is 0. The van der Waals surface area contributed by atoms with Crippen molar-refractivity contribution in [2.75, 3.05) is 18.4 Å². The number of anilines is 1. The van der Waals surface area contributed by atoms with Crippen LogP contribution in [-0.2, 0) is 6.42 Å². The van der Waals surface area contributed by atoms with Crippen LogP contribution in [0.25, 0.3) is 0 Å². The van der Waals surface area contributed by atoms with Crippen LogP contribution in [0.15, 0.2) is 30.5 Å². The fourth-order valence-corrected chi connectivity index (χ4v) is 1.96. The van der Waals surface area contributed by atoms with Gasteiger partial charge in [0, 0.05) is 18.0 Å². The Bertz CT molecular complexity index is 495. The van der Waals surface area contributed by atoms with E-state index < -0.39 is 0 Å². The van der Waals surface area contributed by atoms with Gasteiger partial charge in [-0.25, -0.2) is 0 Å². The van der Waals surface area contributed by atoms with Crippen molar-refractivity contribution < 1.29 is 0 Å². The van der Waals surface area contributed by atoms with E-state index in [1.807, 2.05) is 24.3 Å². The lowest BCUT2D eigenvalue weighted by molar-refractivity contribution is 0.872. The van der Waals surface area contributed by atoms with Gasteiger partial charge in [-0.15, -0.1) is 0 Å². The predicted octanol–water partition coefficient (Wildman–Crippen LogP) is 2.41. The Morgan fingerprint density at radius 3 is 2.94 bits per heavy atom. The predicted molar refractivity (Wildman–Crippen MR) is 75.0 cm³/mol. The summed E-state index contributed by atoms with van der Waals surface area (Å²) in [6, 6.07) is 7.83. The van der Waals surface area contributed by atoms with Gasteiger partial charge in [0.15, 0.2) is 0 Å². The highest BCUT2D eigenvalue weighted by Gasteiger charge is 2.07. The number of aromatic nitrogens is 2. The lowest BCUT2D eigenvalue weighted by atomic mass is 10.1. The van der Waals surface area contributed by atoms with Gasteiger partial charge in [0.25, 0.3) is 0 Å². The zero-order valence-corrected chi connectivity index (χ0v) is 10.9. The molecule has 0 saturated heterocycles. The van der Waals surface area contributed by atoms with E-state index >= 15 is 0 Å². The first kappa shape index (κ1) is 12.9. The van der Waals surface area contributed by atoms with E-state index in [1.165, 1.54) is 0 Å². The van der Waals surface area contributed by atoms with Crippen LogP contribution < -0.4 is 11.1 Å². The average molecular weight is 265 g/mol. The largest absolute Gasteiger partial charge is 0.382 e. The molecule has 0 aliphatic rings. The van der Waals surface area contributed by atoms with Crippen LogP contribution in [0.2, 0.25) is 5.02 Å². The number of benzene rings is 1. The Hall–Kier alpha value is -1.52. The Kier molecular flexibility index (Phi) is 4.61. The van der Waals surface area contributed by atoms with E-state index in [0.717, 1.165) is 41.4 Å². The van der Waals surface area contributed by atoms with E-state index in [2.05, 4.69) is 15.5 Å². The number of hydrogen-bond acceptors (Lipinski definition) is 3. The second kappa shape index (κ2) is 6.42. The minimum Gasteiger partial charge on any atom is -0.382 e. The minimum atomic E-state index is 0.685. The second-order valence-electron chi connectivity index (χ2n) is 4.10. The standard InChI is InChI=1S/C13H17ClN4/c14-11-5-2-1-4-10(11)8-12-13(9-17-18-12)16-7-3-6-15/h1-2,4-5,9,16H,3,6-8,15H2,(H,17,18). The molecule has 0 amide bonds. The topological polar surface area (TPSA) is 66.7 Å². The van der Waals surface area contributed by atoms with Crippen molar-refractivity contribution in [3.05, 3.63) is 46.7 Å². The molecule has 18 heavy (non-hydrogen) atoms. The van der Waals surface area contributed by atoms with Gasteiger partial charge in [-0.05, 0) is 24.6 Å². The molecule has 5 heteroatoms. The number of nitrogens with one attached hydrogen (secondary N) is 2. The van der Waals surface area contributed by atoms with Crippen molar-refractivity contribution in [2.24, 2.45) is 5.73 Å². The minimum absolute atomic E-state index is 0.685. The first-order chi connectivity index (χ1) is 8.81. The van der Waals surface area contributed by atoms with Crippen molar-refractivity contribution in [3.63, 3.8) is 0 Å². The van der Waals surface area contributed by atoms with Crippen LogP contribution in [0, 0.1) is 0 Å². The SMILES string of the molecule is NCCCNc1cn[nH]c1Cc1ccccc1Cl. The Balaban J connectivity index is 2.05. The van der Waals surface area contributed by atoms with Crippen LogP contribution in [0.3, 0.4) is 0 Å². The molecule has 2 aromatic rings.